The fourth-order valence-electron chi connectivity index (χ4n) is 3.57. The minimum Gasteiger partial charge on any atom is -0.509 e. The number of likely N-dealkylation sites (N-methyl/N-ethyl adjacent to an activating group) is 2. The van der Waals surface area contributed by atoms with Gasteiger partial charge in [-0.15, -0.1) is 0 Å². The summed E-state index contributed by atoms with van der Waals surface area (Å²) in [5.74, 6) is -1.56. The maximum Gasteiger partial charge on any atom is 0.327 e. The third kappa shape index (κ3) is 7.91. The molecule has 0 saturated heterocycles. The number of nitrogens with zero attached hydrogens (tertiary/aromatic N) is 4. The summed E-state index contributed by atoms with van der Waals surface area (Å²) in [6.07, 6.45) is 0. The molecule has 0 spiro atoms. The summed E-state index contributed by atoms with van der Waals surface area (Å²) in [4.78, 5) is 57.4. The van der Waals surface area contributed by atoms with Gasteiger partial charge in [0, 0.05) is 42.0 Å². The molecule has 0 bridgehead atoms. The Morgan fingerprint density at radius 2 is 1.03 bits per heavy atom. The van der Waals surface area contributed by atoms with E-state index in [1.54, 1.807) is 69.5 Å². The van der Waals surface area contributed by atoms with Gasteiger partial charge < -0.3 is 29.5 Å². The van der Waals surface area contributed by atoms with Crippen LogP contribution in [0.4, 0.5) is 0 Å². The summed E-state index contributed by atoms with van der Waals surface area (Å²) in [6.45, 7) is 13.8. The van der Waals surface area contributed by atoms with Crippen LogP contribution in [0.15, 0.2) is 32.6 Å². The molecule has 0 atom stereocenters. The first-order valence-corrected chi connectivity index (χ1v) is 12.2. The van der Waals surface area contributed by atoms with Gasteiger partial charge in [-0.05, 0) is 55.4 Å². The summed E-state index contributed by atoms with van der Waals surface area (Å²) in [5, 5.41) is 20.2. The summed E-state index contributed by atoms with van der Waals surface area (Å²) >= 11 is 0. The van der Waals surface area contributed by atoms with E-state index < -0.39 is 23.0 Å². The maximum atomic E-state index is 12.1. The smallest absolute Gasteiger partial charge is 0.327 e. The third-order valence-corrected chi connectivity index (χ3v) is 6.57. The largest absolute Gasteiger partial charge is 0.509 e. The molecular weight excluding hydrogens is 555 g/mol. The first-order valence-electron chi connectivity index (χ1n) is 12.2. The van der Waals surface area contributed by atoms with Gasteiger partial charge in [-0.3, -0.25) is 29.2 Å². The van der Waals surface area contributed by atoms with E-state index in [1.165, 1.54) is 9.80 Å². The van der Waals surface area contributed by atoms with Crippen LogP contribution in [0.5, 0.6) is 0 Å². The molecule has 2 amide bonds. The van der Waals surface area contributed by atoms with Crippen molar-refractivity contribution in [2.45, 2.75) is 66.5 Å². The monoisotopic (exact) mass is 594 g/mol. The molecule has 2 rings (SSSR count). The summed E-state index contributed by atoms with van der Waals surface area (Å²) in [5.41, 5.74) is -0.505. The van der Waals surface area contributed by atoms with Gasteiger partial charge in [0.1, 0.15) is 35.8 Å². The molecule has 0 aromatic rings. The zero-order valence-electron chi connectivity index (χ0n) is 24.3. The summed E-state index contributed by atoms with van der Waals surface area (Å²) in [7, 11) is 3.23. The number of carbonyl (C=O) groups is 4. The number of ether oxygens (including phenoxy) is 2. The molecule has 0 aliphatic carbocycles. The number of aliphatic hydroxyl groups is 2. The SMILES string of the molecule is CCOC(=O)CN=C(C)C1=C(O)C(C)(C)N(C)C1=O.CCOC(=O)CN=C(C)C1=C(O)C(C)(C)N(C)C1=O.[Ni]. The first-order chi connectivity index (χ1) is 17.5. The molecular formula is C26H40N4NiO8. The van der Waals surface area contributed by atoms with Crippen molar-refractivity contribution in [3.05, 3.63) is 22.7 Å². The van der Waals surface area contributed by atoms with Crippen LogP contribution < -0.4 is 0 Å². The number of hydrogen-bond acceptors (Lipinski definition) is 10. The number of aliphatic imine (C=N–C) groups is 2. The molecule has 0 unspecified atom stereocenters. The van der Waals surface area contributed by atoms with E-state index in [-0.39, 0.29) is 77.3 Å². The van der Waals surface area contributed by atoms with Crippen LogP contribution in [0.25, 0.3) is 0 Å². The fraction of sp³-hybridized carbons (Fsp3) is 0.615. The molecule has 0 radical (unpaired) electrons. The number of carbonyl (C=O) groups excluding carboxylic acids is 4. The Labute approximate surface area is 239 Å². The van der Waals surface area contributed by atoms with E-state index in [0.29, 0.717) is 11.4 Å². The minimum atomic E-state index is -0.757. The Bertz CT molecular complexity index is 1020. The Morgan fingerprint density at radius 3 is 1.23 bits per heavy atom. The van der Waals surface area contributed by atoms with Crippen LogP contribution in [-0.2, 0) is 45.1 Å². The van der Waals surface area contributed by atoms with Gasteiger partial charge in [0.2, 0.25) is 0 Å². The van der Waals surface area contributed by atoms with Crippen LogP contribution in [0, 0.1) is 0 Å². The van der Waals surface area contributed by atoms with Gasteiger partial charge >= 0.3 is 11.9 Å². The van der Waals surface area contributed by atoms with Crippen molar-refractivity contribution in [3.63, 3.8) is 0 Å². The second-order valence-corrected chi connectivity index (χ2v) is 9.71. The second-order valence-electron chi connectivity index (χ2n) is 9.71. The second kappa shape index (κ2) is 14.3. The van der Waals surface area contributed by atoms with Crippen molar-refractivity contribution in [1.29, 1.82) is 0 Å². The van der Waals surface area contributed by atoms with Crippen molar-refractivity contribution in [2.24, 2.45) is 9.98 Å². The molecule has 2 aliphatic heterocycles. The molecule has 2 N–H and O–H groups in total. The predicted molar refractivity (Wildman–Crippen MR) is 142 cm³/mol. The average molecular weight is 595 g/mol. The van der Waals surface area contributed by atoms with Crippen molar-refractivity contribution in [3.8, 4) is 0 Å². The number of rotatable bonds is 8. The Hall–Kier alpha value is -3.21. The van der Waals surface area contributed by atoms with E-state index in [1.807, 2.05) is 0 Å². The molecule has 13 heteroatoms. The van der Waals surface area contributed by atoms with Gasteiger partial charge in [-0.25, -0.2) is 0 Å². The van der Waals surface area contributed by atoms with Gasteiger partial charge in [0.05, 0.1) is 24.3 Å². The van der Waals surface area contributed by atoms with E-state index >= 15 is 0 Å². The third-order valence-electron chi connectivity index (χ3n) is 6.57. The van der Waals surface area contributed by atoms with Crippen LogP contribution >= 0.6 is 0 Å². The summed E-state index contributed by atoms with van der Waals surface area (Å²) < 4.78 is 9.50. The molecule has 12 nitrogen and oxygen atoms in total. The number of esters is 2. The zero-order valence-corrected chi connectivity index (χ0v) is 25.3. The van der Waals surface area contributed by atoms with E-state index in [2.05, 4.69) is 9.98 Å². The standard InChI is InChI=1S/2C13H20N2O4.Ni/c2*1-6-19-9(16)7-14-8(2)10-11(17)13(3,4)15(5)12(10)18;/h2*17H,6-7H2,1-5H3;. The zero-order chi connectivity index (χ0) is 29.6. The Balaban J connectivity index is 0.000000722. The van der Waals surface area contributed by atoms with Crippen molar-refractivity contribution in [1.82, 2.24) is 9.80 Å². The Morgan fingerprint density at radius 1 is 0.744 bits per heavy atom. The van der Waals surface area contributed by atoms with E-state index in [0.717, 1.165) is 0 Å². The van der Waals surface area contributed by atoms with Crippen LogP contribution in [0.2, 0.25) is 0 Å². The van der Waals surface area contributed by atoms with Gasteiger partial charge in [0.15, 0.2) is 0 Å². The number of aliphatic hydroxyl groups excluding tert-OH is 2. The maximum absolute atomic E-state index is 12.1. The predicted octanol–water partition coefficient (Wildman–Crippen LogP) is 2.14. The molecule has 0 aromatic carbocycles. The first kappa shape index (κ1) is 35.8. The fourth-order valence-corrected chi connectivity index (χ4v) is 3.57. The molecule has 2 heterocycles. The van der Waals surface area contributed by atoms with E-state index in [9.17, 15) is 29.4 Å². The van der Waals surface area contributed by atoms with Crippen molar-refractivity contribution >= 4 is 35.2 Å². The van der Waals surface area contributed by atoms with Crippen LogP contribution in [-0.4, -0.2) is 107 Å². The number of amides is 2. The normalized spacial score (nSPS) is 18.6. The number of hydrogen-bond donors (Lipinski definition) is 2. The summed E-state index contributed by atoms with van der Waals surface area (Å²) in [6, 6.07) is 0. The van der Waals surface area contributed by atoms with Crippen LogP contribution in [0.3, 0.4) is 0 Å². The molecule has 0 saturated carbocycles. The van der Waals surface area contributed by atoms with Gasteiger partial charge in [-0.1, -0.05) is 0 Å². The minimum absolute atomic E-state index is 0. The Kier molecular flexibility index (Phi) is 13.1. The molecule has 2 aliphatic rings. The molecule has 222 valence electrons. The van der Waals surface area contributed by atoms with Gasteiger partial charge in [0.25, 0.3) is 11.8 Å². The van der Waals surface area contributed by atoms with E-state index in [4.69, 9.17) is 9.47 Å². The molecule has 0 fully saturated rings. The van der Waals surface area contributed by atoms with Crippen molar-refractivity contribution < 1.29 is 55.4 Å². The average Bonchev–Trinajstić information content (AvgIpc) is 3.09. The van der Waals surface area contributed by atoms with Crippen LogP contribution in [0.1, 0.15) is 55.4 Å². The van der Waals surface area contributed by atoms with Crippen molar-refractivity contribution in [2.75, 3.05) is 40.4 Å². The quantitative estimate of drug-likeness (QED) is 0.246. The molecule has 39 heavy (non-hydrogen) atoms. The topological polar surface area (TPSA) is 158 Å². The molecule has 0 aromatic heterocycles. The van der Waals surface area contributed by atoms with Gasteiger partial charge in [-0.2, -0.15) is 0 Å².